The number of halogens is 2. The standard InChI is InChI=1S/C22H18ClFN2/c1-14-10-18(11-19(13-25)17-6-4-7-20(24)12-17)16(3)26(14)22-9-5-8-21(23)15(22)2/h4-12H,1-3H3/b19-11-. The topological polar surface area (TPSA) is 28.7 Å². The maximum Gasteiger partial charge on any atom is 0.123 e. The van der Waals surface area contributed by atoms with E-state index >= 15 is 0 Å². The van der Waals surface area contributed by atoms with Crippen LogP contribution in [0.3, 0.4) is 0 Å². The lowest BCUT2D eigenvalue weighted by molar-refractivity contribution is 0.627. The van der Waals surface area contributed by atoms with Gasteiger partial charge in [-0.15, -0.1) is 0 Å². The molecule has 1 heterocycles. The SMILES string of the molecule is Cc1c(Cl)cccc1-n1c(C)cc(/C=C(/C#N)c2cccc(F)c2)c1C. The first-order valence-corrected chi connectivity index (χ1v) is 8.62. The molecule has 0 N–H and O–H groups in total. The fraction of sp³-hybridized carbons (Fsp3) is 0.136. The largest absolute Gasteiger partial charge is 0.318 e. The number of hydrogen-bond acceptors (Lipinski definition) is 1. The van der Waals surface area contributed by atoms with Gasteiger partial charge in [0.2, 0.25) is 0 Å². The van der Waals surface area contributed by atoms with Crippen molar-refractivity contribution in [2.75, 3.05) is 0 Å². The highest BCUT2D eigenvalue weighted by atomic mass is 35.5. The van der Waals surface area contributed by atoms with Gasteiger partial charge in [-0.05, 0) is 73.9 Å². The van der Waals surface area contributed by atoms with E-state index < -0.39 is 0 Å². The van der Waals surface area contributed by atoms with Crippen LogP contribution in [-0.4, -0.2) is 4.57 Å². The van der Waals surface area contributed by atoms with Crippen molar-refractivity contribution in [1.29, 1.82) is 5.26 Å². The van der Waals surface area contributed by atoms with Crippen molar-refractivity contribution in [3.8, 4) is 11.8 Å². The highest BCUT2D eigenvalue weighted by Gasteiger charge is 2.13. The van der Waals surface area contributed by atoms with E-state index in [0.29, 0.717) is 16.2 Å². The molecule has 0 aliphatic heterocycles. The van der Waals surface area contributed by atoms with Crippen LogP contribution in [0.4, 0.5) is 4.39 Å². The van der Waals surface area contributed by atoms with Gasteiger partial charge < -0.3 is 4.57 Å². The van der Waals surface area contributed by atoms with Crippen molar-refractivity contribution in [1.82, 2.24) is 4.57 Å². The zero-order chi connectivity index (χ0) is 18.8. The predicted molar refractivity (Wildman–Crippen MR) is 105 cm³/mol. The summed E-state index contributed by atoms with van der Waals surface area (Å²) in [5.41, 5.74) is 5.95. The first-order chi connectivity index (χ1) is 12.4. The van der Waals surface area contributed by atoms with Crippen LogP contribution in [0, 0.1) is 37.9 Å². The van der Waals surface area contributed by atoms with Crippen molar-refractivity contribution in [3.05, 3.63) is 87.4 Å². The Bertz CT molecular complexity index is 1050. The number of allylic oxidation sites excluding steroid dienone is 1. The molecule has 4 heteroatoms. The van der Waals surface area contributed by atoms with Crippen LogP contribution in [0.1, 0.15) is 28.1 Å². The molecule has 0 saturated carbocycles. The molecule has 0 amide bonds. The molecule has 26 heavy (non-hydrogen) atoms. The number of nitriles is 1. The predicted octanol–water partition coefficient (Wildman–Crippen LogP) is 6.26. The van der Waals surface area contributed by atoms with E-state index in [1.165, 1.54) is 12.1 Å². The minimum atomic E-state index is -0.358. The summed E-state index contributed by atoms with van der Waals surface area (Å²) in [7, 11) is 0. The first kappa shape index (κ1) is 18.0. The van der Waals surface area contributed by atoms with Crippen LogP contribution in [0.25, 0.3) is 17.3 Å². The van der Waals surface area contributed by atoms with Gasteiger partial charge in [-0.3, -0.25) is 0 Å². The number of benzene rings is 2. The molecule has 0 radical (unpaired) electrons. The average molecular weight is 365 g/mol. The van der Waals surface area contributed by atoms with Crippen molar-refractivity contribution in [2.45, 2.75) is 20.8 Å². The smallest absolute Gasteiger partial charge is 0.123 e. The third-order valence-corrected chi connectivity index (χ3v) is 4.92. The molecule has 3 aromatic rings. The van der Waals surface area contributed by atoms with E-state index in [1.807, 2.05) is 45.0 Å². The Kier molecular flexibility index (Phi) is 4.97. The Morgan fingerprint density at radius 2 is 1.85 bits per heavy atom. The molecule has 2 nitrogen and oxygen atoms in total. The third-order valence-electron chi connectivity index (χ3n) is 4.51. The quantitative estimate of drug-likeness (QED) is 0.504. The second-order valence-corrected chi connectivity index (χ2v) is 6.63. The first-order valence-electron chi connectivity index (χ1n) is 8.24. The molecule has 0 aliphatic carbocycles. The number of rotatable bonds is 3. The second-order valence-electron chi connectivity index (χ2n) is 6.23. The highest BCUT2D eigenvalue weighted by molar-refractivity contribution is 6.31. The lowest BCUT2D eigenvalue weighted by Gasteiger charge is -2.13. The van der Waals surface area contributed by atoms with E-state index in [0.717, 1.165) is 28.2 Å². The fourth-order valence-corrected chi connectivity index (χ4v) is 3.30. The normalized spacial score (nSPS) is 11.5. The summed E-state index contributed by atoms with van der Waals surface area (Å²) in [6, 6.07) is 16.1. The lowest BCUT2D eigenvalue weighted by Crippen LogP contribution is -2.01. The maximum absolute atomic E-state index is 13.5. The molecule has 0 atom stereocenters. The lowest BCUT2D eigenvalue weighted by atomic mass is 10.0. The van der Waals surface area contributed by atoms with Crippen molar-refractivity contribution in [2.24, 2.45) is 0 Å². The second kappa shape index (κ2) is 7.19. The molecule has 3 rings (SSSR count). The van der Waals surface area contributed by atoms with E-state index in [2.05, 4.69) is 10.6 Å². The number of aromatic nitrogens is 1. The van der Waals surface area contributed by atoms with Gasteiger partial charge in [-0.2, -0.15) is 5.26 Å². The van der Waals surface area contributed by atoms with Gasteiger partial charge in [0.25, 0.3) is 0 Å². The molecule has 0 aliphatic rings. The van der Waals surface area contributed by atoms with Crippen LogP contribution in [0.2, 0.25) is 5.02 Å². The Hall–Kier alpha value is -2.83. The van der Waals surface area contributed by atoms with Crippen LogP contribution in [0.15, 0.2) is 48.5 Å². The van der Waals surface area contributed by atoms with Gasteiger partial charge >= 0.3 is 0 Å². The van der Waals surface area contributed by atoms with Crippen molar-refractivity contribution >= 4 is 23.3 Å². The monoisotopic (exact) mass is 364 g/mol. The van der Waals surface area contributed by atoms with Crippen LogP contribution in [-0.2, 0) is 0 Å². The summed E-state index contributed by atoms with van der Waals surface area (Å²) >= 11 is 6.27. The average Bonchev–Trinajstić information content (AvgIpc) is 2.89. The van der Waals surface area contributed by atoms with Gasteiger partial charge in [-0.25, -0.2) is 4.39 Å². The number of nitrogens with zero attached hydrogens (tertiary/aromatic N) is 2. The van der Waals surface area contributed by atoms with Crippen LogP contribution < -0.4 is 0 Å². The van der Waals surface area contributed by atoms with Gasteiger partial charge in [0, 0.05) is 22.1 Å². The summed E-state index contributed by atoms with van der Waals surface area (Å²) in [6.07, 6.45) is 1.80. The molecule has 1 aromatic heterocycles. The minimum absolute atomic E-state index is 0.358. The van der Waals surface area contributed by atoms with E-state index in [4.69, 9.17) is 11.6 Å². The van der Waals surface area contributed by atoms with Gasteiger partial charge in [-0.1, -0.05) is 29.8 Å². The van der Waals surface area contributed by atoms with Crippen molar-refractivity contribution < 1.29 is 4.39 Å². The Labute approximate surface area is 157 Å². The van der Waals surface area contributed by atoms with E-state index in [9.17, 15) is 9.65 Å². The van der Waals surface area contributed by atoms with Crippen molar-refractivity contribution in [3.63, 3.8) is 0 Å². The van der Waals surface area contributed by atoms with Gasteiger partial charge in [0.1, 0.15) is 5.82 Å². The molecule has 130 valence electrons. The highest BCUT2D eigenvalue weighted by Crippen LogP contribution is 2.29. The Morgan fingerprint density at radius 3 is 2.54 bits per heavy atom. The molecule has 0 spiro atoms. The molecular formula is C22H18ClFN2. The zero-order valence-corrected chi connectivity index (χ0v) is 15.6. The zero-order valence-electron chi connectivity index (χ0n) is 14.8. The van der Waals surface area contributed by atoms with Gasteiger partial charge in [0.05, 0.1) is 11.6 Å². The summed E-state index contributed by atoms with van der Waals surface area (Å²) in [5.74, 6) is -0.358. The van der Waals surface area contributed by atoms with Gasteiger partial charge in [0.15, 0.2) is 0 Å². The van der Waals surface area contributed by atoms with Crippen LogP contribution >= 0.6 is 11.6 Å². The molecule has 0 bridgehead atoms. The fourth-order valence-electron chi connectivity index (χ4n) is 3.13. The molecule has 0 fully saturated rings. The summed E-state index contributed by atoms with van der Waals surface area (Å²) in [5, 5.41) is 10.2. The summed E-state index contributed by atoms with van der Waals surface area (Å²) in [4.78, 5) is 0. The van der Waals surface area contributed by atoms with E-state index in [1.54, 1.807) is 18.2 Å². The molecular weight excluding hydrogens is 347 g/mol. The number of aryl methyl sites for hydroxylation is 1. The number of hydrogen-bond donors (Lipinski definition) is 0. The van der Waals surface area contributed by atoms with Crippen LogP contribution in [0.5, 0.6) is 0 Å². The Balaban J connectivity index is 2.14. The van der Waals surface area contributed by atoms with E-state index in [-0.39, 0.29) is 5.82 Å². The summed E-state index contributed by atoms with van der Waals surface area (Å²) in [6.45, 7) is 6.00. The maximum atomic E-state index is 13.5. The molecule has 2 aromatic carbocycles. The summed E-state index contributed by atoms with van der Waals surface area (Å²) < 4.78 is 15.6. The third kappa shape index (κ3) is 3.29. The minimum Gasteiger partial charge on any atom is -0.318 e. The Morgan fingerprint density at radius 1 is 1.12 bits per heavy atom. The molecule has 0 unspecified atom stereocenters. The molecule has 0 saturated heterocycles.